The van der Waals surface area contributed by atoms with Gasteiger partial charge in [-0.05, 0) is 43.0 Å². The largest absolute Gasteiger partial charge is 0.356 e. The number of nitrogens with two attached hydrogens (primary N) is 1. The molecule has 3 nitrogen and oxygen atoms in total. The predicted molar refractivity (Wildman–Crippen MR) is 70.7 cm³/mol. The van der Waals surface area contributed by atoms with Crippen molar-refractivity contribution >= 4 is 5.91 Å². The van der Waals surface area contributed by atoms with E-state index in [1.54, 1.807) is 6.07 Å². The normalized spacial score (nSPS) is 12.2. The molecule has 1 aromatic carbocycles. The van der Waals surface area contributed by atoms with Gasteiger partial charge in [0.25, 0.3) is 0 Å². The number of carbonyl (C=O) groups excluding carboxylic acids is 1. The smallest absolute Gasteiger partial charge is 0.224 e. The van der Waals surface area contributed by atoms with Crippen LogP contribution >= 0.6 is 0 Å². The van der Waals surface area contributed by atoms with E-state index in [9.17, 15) is 9.18 Å². The van der Waals surface area contributed by atoms with Gasteiger partial charge in [0.05, 0.1) is 5.92 Å². The van der Waals surface area contributed by atoms with Crippen LogP contribution in [-0.2, 0) is 11.2 Å². The summed E-state index contributed by atoms with van der Waals surface area (Å²) in [4.78, 5) is 11.8. The Balaban J connectivity index is 2.73. The van der Waals surface area contributed by atoms with Crippen molar-refractivity contribution in [2.75, 3.05) is 13.1 Å². The molecule has 0 spiro atoms. The second kappa shape index (κ2) is 7.11. The highest BCUT2D eigenvalue weighted by molar-refractivity contribution is 5.79. The molecule has 1 amide bonds. The summed E-state index contributed by atoms with van der Waals surface area (Å²) < 4.78 is 13.2. The number of rotatable bonds is 6. The highest BCUT2D eigenvalue weighted by atomic mass is 19.1. The number of nitrogens with one attached hydrogen (secondary N) is 1. The number of halogens is 1. The molecule has 18 heavy (non-hydrogen) atoms. The molecular weight excluding hydrogens is 231 g/mol. The van der Waals surface area contributed by atoms with E-state index in [1.807, 2.05) is 13.8 Å². The molecule has 0 aromatic heterocycles. The topological polar surface area (TPSA) is 55.1 Å². The van der Waals surface area contributed by atoms with Crippen LogP contribution in [0.15, 0.2) is 18.2 Å². The fourth-order valence-corrected chi connectivity index (χ4v) is 1.80. The molecule has 0 bridgehead atoms. The molecule has 0 saturated heterocycles. The van der Waals surface area contributed by atoms with E-state index in [2.05, 4.69) is 5.32 Å². The summed E-state index contributed by atoms with van der Waals surface area (Å²) in [6.07, 6.45) is 1.37. The summed E-state index contributed by atoms with van der Waals surface area (Å²) in [7, 11) is 0. The molecule has 0 aliphatic heterocycles. The van der Waals surface area contributed by atoms with Gasteiger partial charge in [-0.3, -0.25) is 4.79 Å². The van der Waals surface area contributed by atoms with E-state index >= 15 is 0 Å². The second-order valence-corrected chi connectivity index (χ2v) is 4.50. The van der Waals surface area contributed by atoms with Crippen LogP contribution in [0.4, 0.5) is 4.39 Å². The highest BCUT2D eigenvalue weighted by Crippen LogP contribution is 2.15. The lowest BCUT2D eigenvalue weighted by Crippen LogP contribution is -2.36. The van der Waals surface area contributed by atoms with Crippen molar-refractivity contribution in [2.45, 2.75) is 26.7 Å². The van der Waals surface area contributed by atoms with Gasteiger partial charge < -0.3 is 11.1 Å². The average Bonchev–Trinajstić information content (AvgIpc) is 2.36. The quantitative estimate of drug-likeness (QED) is 0.811. The van der Waals surface area contributed by atoms with Crippen molar-refractivity contribution in [3.63, 3.8) is 0 Å². The molecule has 100 valence electrons. The summed E-state index contributed by atoms with van der Waals surface area (Å²) in [6.45, 7) is 4.82. The van der Waals surface area contributed by atoms with Crippen molar-refractivity contribution in [3.8, 4) is 0 Å². The first-order valence-corrected chi connectivity index (χ1v) is 6.31. The molecule has 3 N–H and O–H groups in total. The summed E-state index contributed by atoms with van der Waals surface area (Å²) >= 11 is 0. The Hall–Kier alpha value is -1.42. The van der Waals surface area contributed by atoms with Gasteiger partial charge in [0.2, 0.25) is 5.91 Å². The molecule has 0 saturated carbocycles. The molecule has 1 aromatic rings. The zero-order valence-electron chi connectivity index (χ0n) is 11.0. The molecule has 1 rings (SSSR count). The fraction of sp³-hybridized carbons (Fsp3) is 0.500. The third-order valence-electron chi connectivity index (χ3n) is 2.98. The molecule has 0 radical (unpaired) electrons. The number of hydrogen-bond donors (Lipinski definition) is 2. The zero-order valence-corrected chi connectivity index (χ0v) is 11.0. The Morgan fingerprint density at radius 2 is 2.22 bits per heavy atom. The van der Waals surface area contributed by atoms with Gasteiger partial charge in [0.1, 0.15) is 5.82 Å². The standard InChI is InChI=1S/C14H21FN2O/c1-3-6-17-14(18)12(9-16)7-11-8-13(15)5-4-10(11)2/h4-5,8,12H,3,6-7,9,16H2,1-2H3,(H,17,18). The SMILES string of the molecule is CCCNC(=O)C(CN)Cc1cc(F)ccc1C. The van der Waals surface area contributed by atoms with E-state index in [0.717, 1.165) is 17.5 Å². The van der Waals surface area contributed by atoms with Gasteiger partial charge in [-0.2, -0.15) is 0 Å². The maximum absolute atomic E-state index is 13.2. The molecule has 1 atom stereocenters. The first-order chi connectivity index (χ1) is 8.58. The van der Waals surface area contributed by atoms with Crippen LogP contribution in [0.25, 0.3) is 0 Å². The number of benzene rings is 1. The van der Waals surface area contributed by atoms with Crippen LogP contribution < -0.4 is 11.1 Å². The number of amides is 1. The van der Waals surface area contributed by atoms with Gasteiger partial charge in [-0.1, -0.05) is 13.0 Å². The van der Waals surface area contributed by atoms with Gasteiger partial charge in [-0.25, -0.2) is 4.39 Å². The number of hydrogen-bond acceptors (Lipinski definition) is 2. The lowest BCUT2D eigenvalue weighted by molar-refractivity contribution is -0.124. The van der Waals surface area contributed by atoms with Crippen molar-refractivity contribution in [3.05, 3.63) is 35.1 Å². The van der Waals surface area contributed by atoms with Gasteiger partial charge in [0.15, 0.2) is 0 Å². The summed E-state index contributed by atoms with van der Waals surface area (Å²) in [5.41, 5.74) is 7.46. The molecule has 0 aliphatic rings. The molecule has 0 heterocycles. The Bertz CT molecular complexity index is 407. The molecular formula is C14H21FN2O. The average molecular weight is 252 g/mol. The maximum atomic E-state index is 13.2. The first-order valence-electron chi connectivity index (χ1n) is 6.31. The van der Waals surface area contributed by atoms with Gasteiger partial charge in [-0.15, -0.1) is 0 Å². The number of carbonyl (C=O) groups is 1. The predicted octanol–water partition coefficient (Wildman–Crippen LogP) is 1.78. The van der Waals surface area contributed by atoms with Crippen molar-refractivity contribution in [2.24, 2.45) is 11.7 Å². The first kappa shape index (κ1) is 14.6. The van der Waals surface area contributed by atoms with Gasteiger partial charge >= 0.3 is 0 Å². The minimum atomic E-state index is -0.294. The van der Waals surface area contributed by atoms with Crippen LogP contribution in [0.3, 0.4) is 0 Å². The molecule has 0 aliphatic carbocycles. The second-order valence-electron chi connectivity index (χ2n) is 4.50. The minimum absolute atomic E-state index is 0.0528. The third-order valence-corrected chi connectivity index (χ3v) is 2.98. The monoisotopic (exact) mass is 252 g/mol. The molecule has 4 heteroatoms. The molecule has 1 unspecified atom stereocenters. The fourth-order valence-electron chi connectivity index (χ4n) is 1.80. The van der Waals surface area contributed by atoms with Crippen LogP contribution in [0, 0.1) is 18.7 Å². The van der Waals surface area contributed by atoms with Crippen molar-refractivity contribution in [1.29, 1.82) is 0 Å². The Labute approximate surface area is 108 Å². The summed E-state index contributed by atoms with van der Waals surface area (Å²) in [5, 5.41) is 2.82. The van der Waals surface area contributed by atoms with Crippen LogP contribution in [0.2, 0.25) is 0 Å². The maximum Gasteiger partial charge on any atom is 0.224 e. The molecule has 0 fully saturated rings. The zero-order chi connectivity index (χ0) is 13.5. The van der Waals surface area contributed by atoms with E-state index in [0.29, 0.717) is 13.0 Å². The summed E-state index contributed by atoms with van der Waals surface area (Å²) in [6, 6.07) is 4.63. The lowest BCUT2D eigenvalue weighted by Gasteiger charge is -2.16. The number of aryl methyl sites for hydroxylation is 1. The third kappa shape index (κ3) is 4.11. The Morgan fingerprint density at radius 1 is 1.50 bits per heavy atom. The highest BCUT2D eigenvalue weighted by Gasteiger charge is 2.17. The van der Waals surface area contributed by atoms with Crippen LogP contribution in [0.5, 0.6) is 0 Å². The van der Waals surface area contributed by atoms with Crippen LogP contribution in [0.1, 0.15) is 24.5 Å². The van der Waals surface area contributed by atoms with Crippen molar-refractivity contribution < 1.29 is 9.18 Å². The Kier molecular flexibility index (Phi) is 5.78. The van der Waals surface area contributed by atoms with Gasteiger partial charge in [0, 0.05) is 13.1 Å². The van der Waals surface area contributed by atoms with E-state index < -0.39 is 0 Å². The van der Waals surface area contributed by atoms with E-state index in [4.69, 9.17) is 5.73 Å². The summed E-state index contributed by atoms with van der Waals surface area (Å²) in [5.74, 6) is -0.625. The van der Waals surface area contributed by atoms with Crippen molar-refractivity contribution in [1.82, 2.24) is 5.32 Å². The lowest BCUT2D eigenvalue weighted by atomic mass is 9.95. The Morgan fingerprint density at radius 3 is 2.83 bits per heavy atom. The van der Waals surface area contributed by atoms with E-state index in [1.165, 1.54) is 12.1 Å². The minimum Gasteiger partial charge on any atom is -0.356 e. The van der Waals surface area contributed by atoms with Crippen LogP contribution in [-0.4, -0.2) is 19.0 Å². The van der Waals surface area contributed by atoms with E-state index in [-0.39, 0.29) is 24.2 Å².